The molecule has 2 aromatic rings. The lowest BCUT2D eigenvalue weighted by atomic mass is 10.4. The molecule has 2 heterocycles. The van der Waals surface area contributed by atoms with Crippen LogP contribution in [0.4, 0.5) is 11.6 Å². The fourth-order valence-corrected chi connectivity index (χ4v) is 2.22. The molecular weight excluding hydrogens is 366 g/mol. The molecule has 0 unspecified atom stereocenters. The van der Waals surface area contributed by atoms with E-state index >= 15 is 0 Å². The molecule has 0 saturated heterocycles. The van der Waals surface area contributed by atoms with Gasteiger partial charge in [-0.25, -0.2) is 14.6 Å². The first kappa shape index (κ1) is 22.7. The van der Waals surface area contributed by atoms with Gasteiger partial charge in [-0.1, -0.05) is 13.8 Å². The van der Waals surface area contributed by atoms with Crippen LogP contribution in [0.25, 0.3) is 0 Å². The lowest BCUT2D eigenvalue weighted by Crippen LogP contribution is -2.31. The van der Waals surface area contributed by atoms with Gasteiger partial charge in [-0.15, -0.1) is 0 Å². The largest absolute Gasteiger partial charge is 0.385 e. The molecule has 11 heteroatoms. The summed E-state index contributed by atoms with van der Waals surface area (Å²) < 4.78 is 2.78. The van der Waals surface area contributed by atoms with Crippen LogP contribution >= 0.6 is 0 Å². The van der Waals surface area contributed by atoms with Gasteiger partial charge in [0.15, 0.2) is 0 Å². The predicted molar refractivity (Wildman–Crippen MR) is 109 cm³/mol. The van der Waals surface area contributed by atoms with Crippen molar-refractivity contribution in [3.8, 4) is 0 Å². The zero-order valence-corrected chi connectivity index (χ0v) is 16.6. The van der Waals surface area contributed by atoms with Crippen molar-refractivity contribution in [2.75, 3.05) is 19.8 Å². The second-order valence-corrected chi connectivity index (χ2v) is 6.17. The van der Waals surface area contributed by atoms with E-state index in [0.717, 1.165) is 12.8 Å². The van der Waals surface area contributed by atoms with Crippen molar-refractivity contribution in [3.05, 3.63) is 53.8 Å². The number of anilines is 1. The van der Waals surface area contributed by atoms with Crippen molar-refractivity contribution < 1.29 is 0 Å². The molecule has 2 rings (SSSR count). The van der Waals surface area contributed by atoms with Crippen LogP contribution < -0.4 is 28.2 Å². The van der Waals surface area contributed by atoms with Crippen LogP contribution in [0.2, 0.25) is 0 Å². The molecule has 0 aliphatic carbocycles. The smallest absolute Gasteiger partial charge is 0.329 e. The fourth-order valence-electron chi connectivity index (χ4n) is 2.22. The Morgan fingerprint density at radius 1 is 0.964 bits per heavy atom. The van der Waals surface area contributed by atoms with Crippen molar-refractivity contribution in [2.45, 2.75) is 39.8 Å². The molecule has 0 aliphatic rings. The molecule has 0 aliphatic heterocycles. The first-order valence-electron chi connectivity index (χ1n) is 8.84. The number of nitrogens with zero attached hydrogens (tertiary/aromatic N) is 4. The lowest BCUT2D eigenvalue weighted by Gasteiger charge is -2.08. The molecule has 0 bridgehead atoms. The van der Waals surface area contributed by atoms with Gasteiger partial charge >= 0.3 is 11.4 Å². The summed E-state index contributed by atoms with van der Waals surface area (Å²) >= 11 is 0. The molecule has 4 N–H and O–H groups in total. The summed E-state index contributed by atoms with van der Waals surface area (Å²) in [5.41, 5.74) is 3.71. The summed E-state index contributed by atoms with van der Waals surface area (Å²) in [6.45, 7) is 4.95. The zero-order valence-electron chi connectivity index (χ0n) is 16.6. The summed E-state index contributed by atoms with van der Waals surface area (Å²) in [5, 5.41) is 0. The van der Waals surface area contributed by atoms with E-state index in [1.807, 2.05) is 27.9 Å². The van der Waals surface area contributed by atoms with E-state index in [4.69, 9.17) is 5.73 Å². The normalized spacial score (nSPS) is 10.6. The zero-order chi connectivity index (χ0) is 21.3. The molecule has 0 aromatic carbocycles. The number of hydrogen-bond acceptors (Lipinski definition) is 6. The average molecular weight is 393 g/mol. The Morgan fingerprint density at radius 3 is 1.96 bits per heavy atom. The third-order valence-electron chi connectivity index (χ3n) is 3.39. The highest BCUT2D eigenvalue weighted by molar-refractivity contribution is 5.58. The van der Waals surface area contributed by atoms with E-state index in [2.05, 4.69) is 15.0 Å². The Morgan fingerprint density at radius 2 is 1.46 bits per heavy atom. The molecule has 28 heavy (non-hydrogen) atoms. The highest BCUT2D eigenvalue weighted by Gasteiger charge is 2.03. The van der Waals surface area contributed by atoms with Gasteiger partial charge in [0, 0.05) is 39.3 Å². The maximum Gasteiger partial charge on any atom is 0.329 e. The minimum atomic E-state index is -0.454. The van der Waals surface area contributed by atoms with Crippen LogP contribution in [0.15, 0.2) is 36.3 Å². The monoisotopic (exact) mass is 393 g/mol. The highest BCUT2D eigenvalue weighted by Crippen LogP contribution is 2.05. The van der Waals surface area contributed by atoms with E-state index in [1.165, 1.54) is 21.3 Å². The number of nitrogens with two attached hydrogens (primary N) is 1. The van der Waals surface area contributed by atoms with Crippen molar-refractivity contribution in [3.63, 3.8) is 0 Å². The van der Waals surface area contributed by atoms with Crippen LogP contribution in [-0.2, 0) is 13.1 Å². The predicted octanol–water partition coefficient (Wildman–Crippen LogP) is -0.303. The average Bonchev–Trinajstić information content (AvgIpc) is 2.59. The number of aliphatic imine (C=N–C) groups is 1. The van der Waals surface area contributed by atoms with Crippen LogP contribution in [0.5, 0.6) is 0 Å². The second-order valence-electron chi connectivity index (χ2n) is 6.17. The SMILES string of the molecule is CCCn1c(N)cc(=O)[nH]c1=O.CCCn1c(N=CN(C)C)cc(=O)[nH]c1=O. The first-order valence-corrected chi connectivity index (χ1v) is 8.84. The fraction of sp³-hybridized carbons (Fsp3) is 0.471. The number of nitrogens with one attached hydrogen (secondary N) is 2. The molecule has 0 fully saturated rings. The Kier molecular flexibility index (Phi) is 8.66. The first-order chi connectivity index (χ1) is 13.2. The summed E-state index contributed by atoms with van der Waals surface area (Å²) in [7, 11) is 3.64. The lowest BCUT2D eigenvalue weighted by molar-refractivity contribution is 0.625. The van der Waals surface area contributed by atoms with E-state index in [9.17, 15) is 19.2 Å². The van der Waals surface area contributed by atoms with Gasteiger partial charge in [-0.05, 0) is 12.8 Å². The maximum absolute atomic E-state index is 11.5. The Bertz CT molecular complexity index is 1030. The molecule has 0 saturated carbocycles. The van der Waals surface area contributed by atoms with Crippen LogP contribution in [0, 0.1) is 0 Å². The van der Waals surface area contributed by atoms with Gasteiger partial charge in [0.2, 0.25) is 0 Å². The van der Waals surface area contributed by atoms with Crippen molar-refractivity contribution in [2.24, 2.45) is 4.99 Å². The summed E-state index contributed by atoms with van der Waals surface area (Å²) in [5.74, 6) is 0.593. The summed E-state index contributed by atoms with van der Waals surface area (Å²) in [6.07, 6.45) is 3.16. The molecule has 0 atom stereocenters. The summed E-state index contributed by atoms with van der Waals surface area (Å²) in [6, 6.07) is 2.52. The minimum absolute atomic E-state index is 0.214. The Balaban J connectivity index is 0.000000292. The number of aromatic nitrogens is 4. The molecule has 154 valence electrons. The topological polar surface area (TPSA) is 151 Å². The molecule has 0 radical (unpaired) electrons. The number of aromatic amines is 2. The third-order valence-corrected chi connectivity index (χ3v) is 3.39. The molecule has 2 aromatic heterocycles. The van der Waals surface area contributed by atoms with Gasteiger partial charge in [0.05, 0.1) is 6.34 Å². The highest BCUT2D eigenvalue weighted by atomic mass is 16.2. The number of nitrogen functional groups attached to an aromatic ring is 1. The van der Waals surface area contributed by atoms with E-state index in [1.54, 1.807) is 11.2 Å². The van der Waals surface area contributed by atoms with Gasteiger partial charge in [0.1, 0.15) is 11.6 Å². The summed E-state index contributed by atoms with van der Waals surface area (Å²) in [4.78, 5) is 54.6. The molecular formula is C17H27N7O4. The third kappa shape index (κ3) is 6.74. The van der Waals surface area contributed by atoms with Crippen molar-refractivity contribution in [1.82, 2.24) is 24.0 Å². The van der Waals surface area contributed by atoms with Crippen molar-refractivity contribution >= 4 is 18.0 Å². The molecule has 0 spiro atoms. The minimum Gasteiger partial charge on any atom is -0.385 e. The Hall–Kier alpha value is -3.37. The van der Waals surface area contributed by atoms with Crippen LogP contribution in [-0.4, -0.2) is 44.4 Å². The van der Waals surface area contributed by atoms with Crippen LogP contribution in [0.1, 0.15) is 26.7 Å². The van der Waals surface area contributed by atoms with E-state index in [0.29, 0.717) is 18.9 Å². The van der Waals surface area contributed by atoms with Gasteiger partial charge in [-0.3, -0.25) is 28.7 Å². The number of H-pyrrole nitrogens is 2. The number of rotatable bonds is 6. The standard InChI is InChI=1S/C10H16N4O2.C7H11N3O2/c1-4-5-14-8(11-7-13(2)3)6-9(15)12-10(14)16;1-2-3-10-5(8)4-6(11)9-7(10)12/h6-7H,4-5H2,1-3H3,(H,12,15,16);4H,2-3,8H2,1H3,(H,9,11,12). The van der Waals surface area contributed by atoms with E-state index in [-0.39, 0.29) is 5.82 Å². The number of hydrogen-bond donors (Lipinski definition) is 3. The van der Waals surface area contributed by atoms with Gasteiger partial charge in [0.25, 0.3) is 11.1 Å². The molecule has 11 nitrogen and oxygen atoms in total. The quantitative estimate of drug-likeness (QED) is 0.452. The van der Waals surface area contributed by atoms with Crippen molar-refractivity contribution in [1.29, 1.82) is 0 Å². The maximum atomic E-state index is 11.5. The molecule has 0 amide bonds. The second kappa shape index (κ2) is 10.7. The van der Waals surface area contributed by atoms with Gasteiger partial charge in [-0.2, -0.15) is 0 Å². The van der Waals surface area contributed by atoms with Crippen LogP contribution in [0.3, 0.4) is 0 Å². The van der Waals surface area contributed by atoms with Gasteiger partial charge < -0.3 is 10.6 Å². The van der Waals surface area contributed by atoms with E-state index < -0.39 is 22.5 Å². The Labute approximate surface area is 161 Å².